The van der Waals surface area contributed by atoms with E-state index in [0.717, 1.165) is 25.9 Å². The Labute approximate surface area is 142 Å². The van der Waals surface area contributed by atoms with Crippen LogP contribution < -0.4 is 5.73 Å². The molecule has 0 aliphatic carbocycles. The number of nitrogens with zero attached hydrogens (tertiary/aromatic N) is 1. The van der Waals surface area contributed by atoms with Gasteiger partial charge in [-0.1, -0.05) is 13.8 Å². The number of carbonyl (C=O) groups excluding carboxylic acids is 1. The van der Waals surface area contributed by atoms with E-state index in [1.807, 2.05) is 44.2 Å². The molecular formula is C15H24N2OY-2. The first-order chi connectivity index (χ1) is 8.70. The average molecular weight is 337 g/mol. The SMILES string of the molecule is CC.[CH2-]C(=O)N1CCC(N)CC1.[Y].[c-]1ccccc1. The first-order valence-electron chi connectivity index (χ1n) is 6.47. The number of hydrogen-bond acceptors (Lipinski definition) is 2. The van der Waals surface area contributed by atoms with Gasteiger partial charge in [0.1, 0.15) is 0 Å². The molecule has 0 atom stereocenters. The second-order valence-corrected chi connectivity index (χ2v) is 3.80. The summed E-state index contributed by atoms with van der Waals surface area (Å²) in [6.07, 6.45) is 1.84. The van der Waals surface area contributed by atoms with Crippen molar-refractivity contribution in [3.05, 3.63) is 43.3 Å². The van der Waals surface area contributed by atoms with E-state index < -0.39 is 0 Å². The maximum absolute atomic E-state index is 10.7. The van der Waals surface area contributed by atoms with Crippen LogP contribution in [0.3, 0.4) is 0 Å². The summed E-state index contributed by atoms with van der Waals surface area (Å²) in [6.45, 7) is 8.90. The third-order valence-corrected chi connectivity index (χ3v) is 2.50. The van der Waals surface area contributed by atoms with Crippen molar-refractivity contribution in [3.8, 4) is 0 Å². The van der Waals surface area contributed by atoms with E-state index in [1.165, 1.54) is 0 Å². The molecule has 0 aromatic heterocycles. The summed E-state index contributed by atoms with van der Waals surface area (Å²) in [7, 11) is 0. The molecule has 1 radical (unpaired) electrons. The molecule has 1 aliphatic rings. The van der Waals surface area contributed by atoms with Gasteiger partial charge in [-0.3, -0.25) is 0 Å². The normalized spacial score (nSPS) is 13.9. The van der Waals surface area contributed by atoms with Crippen LogP contribution in [0.25, 0.3) is 0 Å². The third kappa shape index (κ3) is 11.2. The molecule has 0 saturated carbocycles. The Morgan fingerprint density at radius 1 is 1.21 bits per heavy atom. The van der Waals surface area contributed by atoms with Gasteiger partial charge in [-0.2, -0.15) is 36.4 Å². The molecule has 1 fully saturated rings. The summed E-state index contributed by atoms with van der Waals surface area (Å²) in [4.78, 5) is 12.4. The van der Waals surface area contributed by atoms with Gasteiger partial charge in [0.05, 0.1) is 5.91 Å². The van der Waals surface area contributed by atoms with Crippen molar-refractivity contribution < 1.29 is 37.5 Å². The summed E-state index contributed by atoms with van der Waals surface area (Å²) in [5.41, 5.74) is 5.64. The van der Waals surface area contributed by atoms with Crippen molar-refractivity contribution >= 4 is 5.91 Å². The Balaban J connectivity index is 0. The predicted molar refractivity (Wildman–Crippen MR) is 75.8 cm³/mol. The zero-order chi connectivity index (χ0) is 13.8. The topological polar surface area (TPSA) is 46.3 Å². The van der Waals surface area contributed by atoms with Crippen molar-refractivity contribution in [3.63, 3.8) is 0 Å². The van der Waals surface area contributed by atoms with E-state index in [2.05, 4.69) is 13.0 Å². The molecule has 3 nitrogen and oxygen atoms in total. The number of nitrogens with two attached hydrogens (primary N) is 1. The van der Waals surface area contributed by atoms with Gasteiger partial charge in [-0.25, -0.2) is 0 Å². The molecule has 0 unspecified atom stereocenters. The van der Waals surface area contributed by atoms with E-state index >= 15 is 0 Å². The summed E-state index contributed by atoms with van der Waals surface area (Å²) in [5.74, 6) is -0.0769. The fourth-order valence-electron chi connectivity index (χ4n) is 1.49. The van der Waals surface area contributed by atoms with Crippen LogP contribution in [0, 0.1) is 13.0 Å². The van der Waals surface area contributed by atoms with Gasteiger partial charge in [0.15, 0.2) is 0 Å². The van der Waals surface area contributed by atoms with Gasteiger partial charge in [0, 0.05) is 51.8 Å². The molecule has 105 valence electrons. The Kier molecular flexibility index (Phi) is 15.5. The summed E-state index contributed by atoms with van der Waals surface area (Å²) < 4.78 is 0. The zero-order valence-electron chi connectivity index (χ0n) is 12.0. The molecule has 1 aliphatic heterocycles. The molecule has 2 N–H and O–H groups in total. The minimum absolute atomic E-state index is 0. The van der Waals surface area contributed by atoms with Crippen LogP contribution in [-0.2, 0) is 37.5 Å². The Hall–Kier alpha value is -0.376. The second-order valence-electron chi connectivity index (χ2n) is 3.80. The van der Waals surface area contributed by atoms with Gasteiger partial charge in [-0.05, 0) is 12.8 Å². The van der Waals surface area contributed by atoms with Crippen LogP contribution in [0.15, 0.2) is 30.3 Å². The second kappa shape index (κ2) is 14.0. The van der Waals surface area contributed by atoms with Crippen LogP contribution in [-0.4, -0.2) is 29.9 Å². The first-order valence-corrected chi connectivity index (χ1v) is 6.47. The Morgan fingerprint density at radius 2 is 1.68 bits per heavy atom. The fourth-order valence-corrected chi connectivity index (χ4v) is 1.49. The minimum atomic E-state index is -0.0769. The maximum Gasteiger partial charge on any atom is 0.0823 e. The first kappa shape index (κ1) is 20.9. The molecule has 2 rings (SSSR count). The number of carbonyl (C=O) groups is 1. The number of rotatable bonds is 0. The van der Waals surface area contributed by atoms with Crippen LogP contribution in [0.1, 0.15) is 26.7 Å². The summed E-state index contributed by atoms with van der Waals surface area (Å²) in [5, 5.41) is 0. The molecule has 1 heterocycles. The van der Waals surface area contributed by atoms with E-state index in [9.17, 15) is 4.79 Å². The molecule has 4 heteroatoms. The molecule has 1 amide bonds. The van der Waals surface area contributed by atoms with E-state index in [0.29, 0.717) is 0 Å². The molecule has 19 heavy (non-hydrogen) atoms. The van der Waals surface area contributed by atoms with Gasteiger partial charge >= 0.3 is 0 Å². The molecule has 1 saturated heterocycles. The minimum Gasteiger partial charge on any atom is -0.367 e. The van der Waals surface area contributed by atoms with Gasteiger partial charge < -0.3 is 22.4 Å². The standard InChI is InChI=1S/C7H13N2O.C6H5.C2H6.Y/c1-6(10)9-4-2-7(8)3-5-9;1-2-4-6-5-3-1;1-2;/h7H,1-5,8H2;1-5H;1-2H3;/q2*-1;;. The van der Waals surface area contributed by atoms with E-state index in [-0.39, 0.29) is 44.7 Å². The van der Waals surface area contributed by atoms with E-state index in [1.54, 1.807) is 4.90 Å². The number of likely N-dealkylation sites (tertiary alicyclic amines) is 1. The smallest absolute Gasteiger partial charge is 0.0823 e. The molecule has 1 aromatic carbocycles. The number of piperidine rings is 1. The molecule has 0 spiro atoms. The Morgan fingerprint density at radius 3 is 1.95 bits per heavy atom. The molecular weight excluding hydrogens is 313 g/mol. The Bertz CT molecular complexity index is 272. The monoisotopic (exact) mass is 337 g/mol. The van der Waals surface area contributed by atoms with Gasteiger partial charge in [0.25, 0.3) is 0 Å². The van der Waals surface area contributed by atoms with Crippen LogP contribution in [0.5, 0.6) is 0 Å². The average Bonchev–Trinajstić information content (AvgIpc) is 2.44. The van der Waals surface area contributed by atoms with Crippen molar-refractivity contribution in [2.75, 3.05) is 13.1 Å². The number of hydrogen-bond donors (Lipinski definition) is 1. The van der Waals surface area contributed by atoms with Crippen molar-refractivity contribution in [2.45, 2.75) is 32.7 Å². The quantitative estimate of drug-likeness (QED) is 0.739. The molecule has 1 aromatic rings. The predicted octanol–water partition coefficient (Wildman–Crippen LogP) is 2.28. The molecule has 0 bridgehead atoms. The van der Waals surface area contributed by atoms with Crippen molar-refractivity contribution in [2.24, 2.45) is 5.73 Å². The zero-order valence-corrected chi connectivity index (χ0v) is 14.8. The largest absolute Gasteiger partial charge is 0.367 e. The van der Waals surface area contributed by atoms with Crippen LogP contribution in [0.4, 0.5) is 0 Å². The van der Waals surface area contributed by atoms with Crippen molar-refractivity contribution in [1.82, 2.24) is 4.90 Å². The number of amides is 1. The summed E-state index contributed by atoms with van der Waals surface area (Å²) >= 11 is 0. The maximum atomic E-state index is 10.7. The fraction of sp³-hybridized carbons (Fsp3) is 0.467. The van der Waals surface area contributed by atoms with Crippen LogP contribution in [0.2, 0.25) is 0 Å². The van der Waals surface area contributed by atoms with Crippen molar-refractivity contribution in [1.29, 1.82) is 0 Å². The van der Waals surface area contributed by atoms with Gasteiger partial charge in [-0.15, -0.1) is 0 Å². The van der Waals surface area contributed by atoms with Gasteiger partial charge in [0.2, 0.25) is 0 Å². The summed E-state index contributed by atoms with van der Waals surface area (Å²) in [6, 6.07) is 12.8. The van der Waals surface area contributed by atoms with E-state index in [4.69, 9.17) is 5.73 Å². The van der Waals surface area contributed by atoms with Crippen LogP contribution >= 0.6 is 0 Å². The number of benzene rings is 1. The third-order valence-electron chi connectivity index (χ3n) is 2.50.